The molecule has 4 saturated carbocycles. The fraction of sp³-hybridized carbons (Fsp3) is 0.905. The van der Waals surface area contributed by atoms with Gasteiger partial charge in [-0.15, -0.1) is 0 Å². The molecule has 4 heteroatoms. The molecule has 4 nitrogen and oxygen atoms in total. The Bertz CT molecular complexity index is 586. The molecule has 0 aromatic rings. The molecule has 25 heavy (non-hydrogen) atoms. The minimum atomic E-state index is -0.446. The first kappa shape index (κ1) is 17.5. The number of esters is 1. The van der Waals surface area contributed by atoms with Crippen LogP contribution in [0.3, 0.4) is 0 Å². The second kappa shape index (κ2) is 5.80. The summed E-state index contributed by atoms with van der Waals surface area (Å²) in [7, 11) is 1.46. The highest BCUT2D eigenvalue weighted by atomic mass is 16.5. The Kier molecular flexibility index (Phi) is 4.06. The zero-order valence-electron chi connectivity index (χ0n) is 15.8. The van der Waals surface area contributed by atoms with Crippen molar-refractivity contribution < 1.29 is 19.4 Å². The summed E-state index contributed by atoms with van der Waals surface area (Å²) in [5.74, 6) is 2.07. The zero-order valence-corrected chi connectivity index (χ0v) is 15.8. The number of Topliss-reactive ketones (excluding diaryl/α,β-unsaturated/α-hetero) is 1. The van der Waals surface area contributed by atoms with Crippen molar-refractivity contribution in [1.29, 1.82) is 0 Å². The maximum atomic E-state index is 12.3. The molecule has 0 radical (unpaired) electrons. The predicted molar refractivity (Wildman–Crippen MR) is 93.6 cm³/mol. The number of carbonyl (C=O) groups excluding carboxylic acids is 2. The quantitative estimate of drug-likeness (QED) is 0.738. The van der Waals surface area contributed by atoms with Gasteiger partial charge in [0.05, 0.1) is 19.1 Å². The zero-order chi connectivity index (χ0) is 18.0. The number of fused-ring (bicyclic) bond motifs is 5. The summed E-state index contributed by atoms with van der Waals surface area (Å²) in [5.41, 5.74) is -0.162. The Labute approximate surface area is 150 Å². The Balaban J connectivity index is 1.66. The lowest BCUT2D eigenvalue weighted by molar-refractivity contribution is -0.179. The van der Waals surface area contributed by atoms with Crippen molar-refractivity contribution in [2.75, 3.05) is 7.11 Å². The molecule has 4 aliphatic rings. The highest BCUT2D eigenvalue weighted by Crippen LogP contribution is 2.67. The highest BCUT2D eigenvalue weighted by molar-refractivity contribution is 5.79. The Morgan fingerprint density at radius 2 is 1.92 bits per heavy atom. The van der Waals surface area contributed by atoms with Crippen LogP contribution < -0.4 is 0 Å². The number of ketones is 1. The average Bonchev–Trinajstić information content (AvgIpc) is 2.95. The van der Waals surface area contributed by atoms with Crippen LogP contribution in [0.1, 0.15) is 65.2 Å². The number of aliphatic hydroxyl groups excluding tert-OH is 1. The first-order valence-electron chi connectivity index (χ1n) is 10.1. The molecule has 0 aromatic carbocycles. The smallest absolute Gasteiger partial charge is 0.309 e. The Morgan fingerprint density at radius 1 is 1.16 bits per heavy atom. The van der Waals surface area contributed by atoms with Crippen molar-refractivity contribution in [3.63, 3.8) is 0 Å². The van der Waals surface area contributed by atoms with Crippen LogP contribution in [-0.4, -0.2) is 30.1 Å². The summed E-state index contributed by atoms with van der Waals surface area (Å²) in [4.78, 5) is 24.3. The minimum Gasteiger partial charge on any atom is -0.469 e. The van der Waals surface area contributed by atoms with E-state index in [0.29, 0.717) is 35.9 Å². The summed E-state index contributed by atoms with van der Waals surface area (Å²) in [5, 5.41) is 11.2. The fourth-order valence-electron chi connectivity index (χ4n) is 7.54. The van der Waals surface area contributed by atoms with Crippen LogP contribution in [0.4, 0.5) is 0 Å². The molecule has 4 aliphatic carbocycles. The van der Waals surface area contributed by atoms with Gasteiger partial charge >= 0.3 is 5.97 Å². The molecule has 0 aliphatic heterocycles. The number of hydrogen-bond donors (Lipinski definition) is 1. The molecule has 0 amide bonds. The summed E-state index contributed by atoms with van der Waals surface area (Å²) >= 11 is 0. The van der Waals surface area contributed by atoms with Gasteiger partial charge in [0, 0.05) is 18.3 Å². The van der Waals surface area contributed by atoms with E-state index in [1.54, 1.807) is 0 Å². The molecule has 4 fully saturated rings. The van der Waals surface area contributed by atoms with Crippen LogP contribution in [0.2, 0.25) is 0 Å². The lowest BCUT2D eigenvalue weighted by Gasteiger charge is -2.61. The molecule has 8 atom stereocenters. The van der Waals surface area contributed by atoms with Crippen LogP contribution >= 0.6 is 0 Å². The summed E-state index contributed by atoms with van der Waals surface area (Å²) < 4.78 is 5.06. The van der Waals surface area contributed by atoms with E-state index in [9.17, 15) is 14.7 Å². The average molecular weight is 348 g/mol. The molecule has 4 rings (SSSR count). The third-order valence-electron chi connectivity index (χ3n) is 9.08. The van der Waals surface area contributed by atoms with Gasteiger partial charge in [0.1, 0.15) is 5.78 Å². The topological polar surface area (TPSA) is 63.6 Å². The molecular weight excluding hydrogens is 316 g/mol. The first-order chi connectivity index (χ1) is 11.8. The molecule has 0 aromatic heterocycles. The fourth-order valence-corrected chi connectivity index (χ4v) is 7.54. The Morgan fingerprint density at radius 3 is 2.64 bits per heavy atom. The van der Waals surface area contributed by atoms with E-state index in [1.165, 1.54) is 7.11 Å². The van der Waals surface area contributed by atoms with E-state index < -0.39 is 6.10 Å². The predicted octanol–water partition coefficient (Wildman–Crippen LogP) is 3.36. The summed E-state index contributed by atoms with van der Waals surface area (Å²) in [6.45, 7) is 4.51. The number of aliphatic hydroxyl groups is 1. The van der Waals surface area contributed by atoms with Gasteiger partial charge in [-0.05, 0) is 67.6 Å². The van der Waals surface area contributed by atoms with Crippen molar-refractivity contribution in [3.8, 4) is 0 Å². The van der Waals surface area contributed by atoms with Gasteiger partial charge < -0.3 is 9.84 Å². The lowest BCUT2D eigenvalue weighted by atomic mass is 9.44. The molecule has 140 valence electrons. The first-order valence-corrected chi connectivity index (χ1v) is 10.1. The minimum absolute atomic E-state index is 0.148. The maximum Gasteiger partial charge on any atom is 0.309 e. The monoisotopic (exact) mass is 348 g/mol. The van der Waals surface area contributed by atoms with Gasteiger partial charge in [-0.1, -0.05) is 13.8 Å². The van der Waals surface area contributed by atoms with E-state index in [-0.39, 0.29) is 22.7 Å². The molecular formula is C21H32O4. The standard InChI is InChI=1S/C21H32O4/c1-20-9-8-13(22)10-12(20)4-5-14-15-6-7-16(19(24)25-3)21(15,2)18(23)11-17(14)20/h12,14-18,23H,4-11H2,1-3H3/t12-,14+,15-,16+,17-,18+,20+,21-/m1/s1. The van der Waals surface area contributed by atoms with Gasteiger partial charge in [0.25, 0.3) is 0 Å². The van der Waals surface area contributed by atoms with Crippen molar-refractivity contribution in [2.45, 2.75) is 71.3 Å². The number of rotatable bonds is 1. The molecule has 0 saturated heterocycles. The van der Waals surface area contributed by atoms with Crippen LogP contribution in [-0.2, 0) is 14.3 Å². The van der Waals surface area contributed by atoms with E-state index in [1.807, 2.05) is 0 Å². The molecule has 1 N–H and O–H groups in total. The van der Waals surface area contributed by atoms with Crippen molar-refractivity contribution >= 4 is 11.8 Å². The lowest BCUT2D eigenvalue weighted by Crippen LogP contribution is -2.58. The van der Waals surface area contributed by atoms with Crippen molar-refractivity contribution in [2.24, 2.45) is 40.4 Å². The van der Waals surface area contributed by atoms with Crippen molar-refractivity contribution in [3.05, 3.63) is 0 Å². The summed E-state index contributed by atoms with van der Waals surface area (Å²) in [6.07, 6.45) is 6.91. The van der Waals surface area contributed by atoms with Gasteiger partial charge in [0.2, 0.25) is 0 Å². The van der Waals surface area contributed by atoms with E-state index in [4.69, 9.17) is 4.74 Å². The molecule has 0 unspecified atom stereocenters. The van der Waals surface area contributed by atoms with Crippen LogP contribution in [0, 0.1) is 40.4 Å². The third-order valence-corrected chi connectivity index (χ3v) is 9.08. The van der Waals surface area contributed by atoms with Crippen LogP contribution in [0.5, 0.6) is 0 Å². The highest BCUT2D eigenvalue weighted by Gasteiger charge is 2.64. The normalized spacial score (nSPS) is 52.1. The number of hydrogen-bond acceptors (Lipinski definition) is 4. The second-order valence-electron chi connectivity index (χ2n) is 9.67. The number of ether oxygens (including phenoxy) is 1. The molecule has 0 spiro atoms. The number of methoxy groups -OCH3 is 1. The second-order valence-corrected chi connectivity index (χ2v) is 9.67. The maximum absolute atomic E-state index is 12.3. The van der Waals surface area contributed by atoms with E-state index in [0.717, 1.165) is 44.9 Å². The molecule has 0 bridgehead atoms. The largest absolute Gasteiger partial charge is 0.469 e. The van der Waals surface area contributed by atoms with Gasteiger partial charge in [0.15, 0.2) is 0 Å². The Hall–Kier alpha value is -0.900. The van der Waals surface area contributed by atoms with Crippen LogP contribution in [0.25, 0.3) is 0 Å². The SMILES string of the molecule is COC(=O)[C@@H]1CC[C@@H]2[C@@H]3CC[C@@H]4CC(=O)CC[C@]4(C)[C@@H]3C[C@H](O)[C@]21C. The van der Waals surface area contributed by atoms with E-state index in [2.05, 4.69) is 13.8 Å². The van der Waals surface area contributed by atoms with E-state index >= 15 is 0 Å². The van der Waals surface area contributed by atoms with Gasteiger partial charge in [-0.25, -0.2) is 0 Å². The number of carbonyl (C=O) groups is 2. The van der Waals surface area contributed by atoms with Gasteiger partial charge in [-0.3, -0.25) is 9.59 Å². The van der Waals surface area contributed by atoms with Gasteiger partial charge in [-0.2, -0.15) is 0 Å². The van der Waals surface area contributed by atoms with Crippen LogP contribution in [0.15, 0.2) is 0 Å². The third kappa shape index (κ3) is 2.28. The molecule has 0 heterocycles. The summed E-state index contributed by atoms with van der Waals surface area (Å²) in [6, 6.07) is 0. The van der Waals surface area contributed by atoms with Crippen molar-refractivity contribution in [1.82, 2.24) is 0 Å².